The minimum Gasteiger partial charge on any atom is -0.490 e. The largest absolute Gasteiger partial charge is 0.490 e. The predicted molar refractivity (Wildman–Crippen MR) is 71.0 cm³/mol. The number of anilines is 2. The number of nitrogens with zero attached hydrogens (tertiary/aromatic N) is 3. The van der Waals surface area contributed by atoms with Gasteiger partial charge < -0.3 is 15.1 Å². The fourth-order valence-electron chi connectivity index (χ4n) is 1.97. The van der Waals surface area contributed by atoms with Gasteiger partial charge in [0.25, 0.3) is 5.91 Å². The van der Waals surface area contributed by atoms with Crippen LogP contribution in [0.5, 0.6) is 5.75 Å². The van der Waals surface area contributed by atoms with Crippen LogP contribution >= 0.6 is 0 Å². The number of nitrogen functional groups attached to an aromatic ring is 1. The molecule has 9 heteroatoms. The number of carbonyl (C=O) groups excluding carboxylic acids is 2. The van der Waals surface area contributed by atoms with Gasteiger partial charge in [0.1, 0.15) is 11.9 Å². The van der Waals surface area contributed by atoms with Gasteiger partial charge >= 0.3 is 0 Å². The summed E-state index contributed by atoms with van der Waals surface area (Å²) in [5.41, 5.74) is 1.43. The predicted octanol–water partition coefficient (Wildman–Crippen LogP) is -0.988. The molecule has 2 heterocycles. The van der Waals surface area contributed by atoms with Gasteiger partial charge in [0.2, 0.25) is 11.7 Å². The van der Waals surface area contributed by atoms with Crippen LogP contribution in [0.25, 0.3) is 0 Å². The molecule has 0 spiro atoms. The van der Waals surface area contributed by atoms with Gasteiger partial charge in [-0.25, -0.2) is 15.8 Å². The van der Waals surface area contributed by atoms with E-state index in [9.17, 15) is 9.59 Å². The second-order valence-corrected chi connectivity index (χ2v) is 4.75. The molecule has 0 bridgehead atoms. The Kier molecular flexibility index (Phi) is 3.45. The lowest BCUT2D eigenvalue weighted by atomic mass is 9.98. The lowest BCUT2D eigenvalue weighted by Gasteiger charge is -2.41. The first-order valence-electron chi connectivity index (χ1n) is 5.89. The summed E-state index contributed by atoms with van der Waals surface area (Å²) in [6, 6.07) is 0. The second kappa shape index (κ2) is 4.93. The molecule has 1 aromatic heterocycles. The van der Waals surface area contributed by atoms with Gasteiger partial charge in [0, 0.05) is 0 Å². The summed E-state index contributed by atoms with van der Waals surface area (Å²) in [5.74, 6) is 5.41. The molecule has 0 atom stereocenters. The van der Waals surface area contributed by atoms with Crippen LogP contribution < -0.4 is 26.2 Å². The zero-order valence-electron chi connectivity index (χ0n) is 11.4. The van der Waals surface area contributed by atoms with Crippen molar-refractivity contribution in [2.45, 2.75) is 19.4 Å². The van der Waals surface area contributed by atoms with Crippen molar-refractivity contribution in [3.05, 3.63) is 6.33 Å². The van der Waals surface area contributed by atoms with Crippen molar-refractivity contribution in [2.24, 2.45) is 5.84 Å². The van der Waals surface area contributed by atoms with E-state index in [-0.39, 0.29) is 18.1 Å². The number of piperazine rings is 1. The topological polar surface area (TPSA) is 122 Å². The average molecular weight is 280 g/mol. The molecule has 9 nitrogen and oxygen atoms in total. The number of aromatic nitrogens is 2. The fraction of sp³-hybridized carbons (Fsp3) is 0.455. The minimum atomic E-state index is -0.957. The van der Waals surface area contributed by atoms with Gasteiger partial charge in [-0.3, -0.25) is 14.9 Å². The number of hydrazine groups is 1. The van der Waals surface area contributed by atoms with Crippen molar-refractivity contribution in [3.8, 4) is 5.75 Å². The van der Waals surface area contributed by atoms with E-state index in [0.717, 1.165) is 0 Å². The van der Waals surface area contributed by atoms with E-state index in [0.29, 0.717) is 5.82 Å². The quantitative estimate of drug-likeness (QED) is 0.366. The average Bonchev–Trinajstić information content (AvgIpc) is 2.42. The standard InChI is InChI=1S/C11H16N6O3/c1-11(2)10(19)15-6(18)4-17(11)9-7(20-3)8(16-12)13-5-14-9/h5H,4,12H2,1-3H3,(H,13,14,16)(H,15,18,19). The normalized spacial score (nSPS) is 17.7. The smallest absolute Gasteiger partial charge is 0.251 e. The van der Waals surface area contributed by atoms with Gasteiger partial charge in [0.05, 0.1) is 13.7 Å². The lowest BCUT2D eigenvalue weighted by Crippen LogP contribution is -2.64. The zero-order chi connectivity index (χ0) is 14.9. The first-order valence-corrected chi connectivity index (χ1v) is 5.89. The Morgan fingerprint density at radius 1 is 1.45 bits per heavy atom. The molecule has 2 rings (SSSR count). The van der Waals surface area contributed by atoms with Crippen LogP contribution in [0.15, 0.2) is 6.33 Å². The molecule has 1 aromatic rings. The Morgan fingerprint density at radius 3 is 2.75 bits per heavy atom. The van der Waals surface area contributed by atoms with E-state index in [1.807, 2.05) is 0 Å². The van der Waals surface area contributed by atoms with E-state index in [2.05, 4.69) is 20.7 Å². The Balaban J connectivity index is 2.54. The van der Waals surface area contributed by atoms with Crippen molar-refractivity contribution < 1.29 is 14.3 Å². The number of hydrogen-bond acceptors (Lipinski definition) is 8. The third kappa shape index (κ3) is 2.11. The Hall–Kier alpha value is -2.42. The number of amides is 2. The Labute approximate surface area is 115 Å². The van der Waals surface area contributed by atoms with Crippen molar-refractivity contribution in [1.82, 2.24) is 15.3 Å². The van der Waals surface area contributed by atoms with Crippen molar-refractivity contribution in [3.63, 3.8) is 0 Å². The molecule has 1 saturated heterocycles. The summed E-state index contributed by atoms with van der Waals surface area (Å²) in [4.78, 5) is 33.2. The van der Waals surface area contributed by atoms with Crippen molar-refractivity contribution in [1.29, 1.82) is 0 Å². The number of methoxy groups -OCH3 is 1. The summed E-state index contributed by atoms with van der Waals surface area (Å²) in [5, 5.41) is 2.29. The molecular weight excluding hydrogens is 264 g/mol. The van der Waals surface area contributed by atoms with E-state index in [1.165, 1.54) is 13.4 Å². The Morgan fingerprint density at radius 2 is 2.15 bits per heavy atom. The maximum atomic E-state index is 12.0. The summed E-state index contributed by atoms with van der Waals surface area (Å²) in [6.07, 6.45) is 1.28. The van der Waals surface area contributed by atoms with Gasteiger partial charge in [0.15, 0.2) is 11.6 Å². The molecule has 1 fully saturated rings. The van der Waals surface area contributed by atoms with Gasteiger partial charge in [-0.05, 0) is 13.8 Å². The number of rotatable bonds is 3. The molecule has 0 aliphatic carbocycles. The van der Waals surface area contributed by atoms with Crippen LogP contribution in [0.1, 0.15) is 13.8 Å². The number of nitrogens with two attached hydrogens (primary N) is 1. The second-order valence-electron chi connectivity index (χ2n) is 4.75. The highest BCUT2D eigenvalue weighted by Gasteiger charge is 2.43. The van der Waals surface area contributed by atoms with Gasteiger partial charge in [-0.1, -0.05) is 0 Å². The van der Waals surface area contributed by atoms with Gasteiger partial charge in [-0.2, -0.15) is 0 Å². The van der Waals surface area contributed by atoms with Crippen LogP contribution in [0.4, 0.5) is 11.6 Å². The number of nitrogens with one attached hydrogen (secondary N) is 2. The lowest BCUT2D eigenvalue weighted by molar-refractivity contribution is -0.135. The molecule has 2 amide bonds. The summed E-state index contributed by atoms with van der Waals surface area (Å²) in [7, 11) is 1.43. The molecule has 0 aromatic carbocycles. The molecule has 1 aliphatic rings. The molecule has 1 aliphatic heterocycles. The maximum absolute atomic E-state index is 12.0. The summed E-state index contributed by atoms with van der Waals surface area (Å²) >= 11 is 0. The highest BCUT2D eigenvalue weighted by Crippen LogP contribution is 2.35. The zero-order valence-corrected chi connectivity index (χ0v) is 11.4. The van der Waals surface area contributed by atoms with Crippen LogP contribution in [0.3, 0.4) is 0 Å². The third-order valence-electron chi connectivity index (χ3n) is 3.17. The molecule has 0 unspecified atom stereocenters. The van der Waals surface area contributed by atoms with E-state index in [4.69, 9.17) is 10.6 Å². The Bertz CT molecular complexity index is 559. The molecule has 108 valence electrons. The molecule has 20 heavy (non-hydrogen) atoms. The van der Waals surface area contributed by atoms with E-state index in [1.54, 1.807) is 18.7 Å². The summed E-state index contributed by atoms with van der Waals surface area (Å²) in [6.45, 7) is 3.36. The van der Waals surface area contributed by atoms with Crippen LogP contribution in [0.2, 0.25) is 0 Å². The fourth-order valence-corrected chi connectivity index (χ4v) is 1.97. The maximum Gasteiger partial charge on any atom is 0.251 e. The van der Waals surface area contributed by atoms with Crippen LogP contribution in [-0.4, -0.2) is 41.0 Å². The number of hydrogen-bond donors (Lipinski definition) is 3. The summed E-state index contributed by atoms with van der Waals surface area (Å²) < 4.78 is 5.23. The highest BCUT2D eigenvalue weighted by atomic mass is 16.5. The first-order chi connectivity index (χ1) is 9.41. The number of carbonyl (C=O) groups is 2. The molecular formula is C11H16N6O3. The minimum absolute atomic E-state index is 0.0177. The van der Waals surface area contributed by atoms with Crippen LogP contribution in [0, 0.1) is 0 Å². The first kappa shape index (κ1) is 14.0. The van der Waals surface area contributed by atoms with E-state index < -0.39 is 17.4 Å². The molecule has 4 N–H and O–H groups in total. The van der Waals surface area contributed by atoms with E-state index >= 15 is 0 Å². The SMILES string of the molecule is COc1c(NN)ncnc1N1CC(=O)NC(=O)C1(C)C. The number of imide groups is 1. The van der Waals surface area contributed by atoms with Crippen LogP contribution in [-0.2, 0) is 9.59 Å². The molecule has 0 saturated carbocycles. The monoisotopic (exact) mass is 280 g/mol. The third-order valence-corrected chi connectivity index (χ3v) is 3.17. The van der Waals surface area contributed by atoms with Gasteiger partial charge in [-0.15, -0.1) is 0 Å². The number of ether oxygens (including phenoxy) is 1. The highest BCUT2D eigenvalue weighted by molar-refractivity contribution is 6.06. The van der Waals surface area contributed by atoms with Crippen molar-refractivity contribution >= 4 is 23.5 Å². The van der Waals surface area contributed by atoms with Crippen molar-refractivity contribution in [2.75, 3.05) is 24.0 Å². The molecule has 0 radical (unpaired) electrons.